The second kappa shape index (κ2) is 11.7. The maximum absolute atomic E-state index is 12.3. The van der Waals surface area contributed by atoms with Gasteiger partial charge >= 0.3 is 5.69 Å². The first-order valence-electron chi connectivity index (χ1n) is 10.9. The van der Waals surface area contributed by atoms with E-state index in [0.717, 1.165) is 23.8 Å². The average Bonchev–Trinajstić information content (AvgIpc) is 3.06. The van der Waals surface area contributed by atoms with Gasteiger partial charge in [-0.2, -0.15) is 0 Å². The summed E-state index contributed by atoms with van der Waals surface area (Å²) < 4.78 is 48.7. The van der Waals surface area contributed by atoms with Crippen LogP contribution in [0.4, 0.5) is 0 Å². The standard InChI is InChI=1S/C17H28N4O15P2/c1-6-10(18)13(25)11(19-7(2)22)16(33-6)35-38(30,31)36-37(28,29)32-5-8-12(24)14(26)15(34-8)21-4-3-9(23)20-17(21)27/h3-4,6,8,10-16,24-26H,5,18H2,1-2H3,(H,19,22)(H,28,29)(H,30,31)(H,20,23,27)/p-2/t6-,8-,10-,11-,12-,13+,14-,15-,16-/m1/s1. The van der Waals surface area contributed by atoms with Crippen LogP contribution in [0.5, 0.6) is 0 Å². The average molecular weight is 588 g/mol. The van der Waals surface area contributed by atoms with Gasteiger partial charge in [-0.3, -0.25) is 32.8 Å². The van der Waals surface area contributed by atoms with Crippen molar-refractivity contribution in [2.45, 2.75) is 69.0 Å². The number of phosphoric ester groups is 2. The Kier molecular flexibility index (Phi) is 9.48. The van der Waals surface area contributed by atoms with Gasteiger partial charge in [-0.25, -0.2) is 9.11 Å². The topological polar surface area (TPSA) is 297 Å². The summed E-state index contributed by atoms with van der Waals surface area (Å²) in [5.74, 6) is -0.716. The quantitative estimate of drug-likeness (QED) is 0.147. The number of aliphatic hydroxyl groups excluding tert-OH is 3. The van der Waals surface area contributed by atoms with Gasteiger partial charge in [0.2, 0.25) is 5.91 Å². The Balaban J connectivity index is 1.64. The van der Waals surface area contributed by atoms with Crippen molar-refractivity contribution in [2.24, 2.45) is 5.73 Å². The van der Waals surface area contributed by atoms with Crippen LogP contribution in [0.1, 0.15) is 20.1 Å². The molecule has 2 fully saturated rings. The maximum atomic E-state index is 12.3. The number of nitrogens with zero attached hydrogens (tertiary/aromatic N) is 1. The van der Waals surface area contributed by atoms with E-state index in [0.29, 0.717) is 0 Å². The van der Waals surface area contributed by atoms with Gasteiger partial charge in [0.1, 0.15) is 24.4 Å². The van der Waals surface area contributed by atoms with Gasteiger partial charge in [0, 0.05) is 19.2 Å². The third-order valence-corrected chi connectivity index (χ3v) is 8.14. The van der Waals surface area contributed by atoms with Crippen LogP contribution in [0.15, 0.2) is 21.9 Å². The minimum Gasteiger partial charge on any atom is -0.756 e. The van der Waals surface area contributed by atoms with Crippen molar-refractivity contribution in [3.05, 3.63) is 33.1 Å². The molecule has 1 aromatic heterocycles. The molecule has 0 saturated carbocycles. The van der Waals surface area contributed by atoms with E-state index in [9.17, 15) is 48.6 Å². The van der Waals surface area contributed by atoms with Crippen LogP contribution in [0.3, 0.4) is 0 Å². The predicted octanol–water partition coefficient (Wildman–Crippen LogP) is -4.92. The number of aromatic nitrogens is 2. The molecule has 0 aromatic carbocycles. The number of hydrogen-bond acceptors (Lipinski definition) is 16. The number of hydrogen-bond donors (Lipinski definition) is 6. The van der Waals surface area contributed by atoms with E-state index >= 15 is 0 Å². The number of rotatable bonds is 9. The lowest BCUT2D eigenvalue weighted by Crippen LogP contribution is -2.65. The highest BCUT2D eigenvalue weighted by Crippen LogP contribution is 2.57. The molecule has 0 aliphatic carbocycles. The van der Waals surface area contributed by atoms with Crippen molar-refractivity contribution in [3.8, 4) is 0 Å². The zero-order valence-electron chi connectivity index (χ0n) is 19.7. The zero-order valence-corrected chi connectivity index (χ0v) is 21.5. The molecule has 0 spiro atoms. The predicted molar refractivity (Wildman–Crippen MR) is 117 cm³/mol. The Morgan fingerprint density at radius 1 is 1.18 bits per heavy atom. The monoisotopic (exact) mass is 588 g/mol. The van der Waals surface area contributed by atoms with Crippen molar-refractivity contribution in [1.29, 1.82) is 0 Å². The summed E-state index contributed by atoms with van der Waals surface area (Å²) in [6.45, 7) is 1.34. The maximum Gasteiger partial charge on any atom is 0.330 e. The SMILES string of the molecule is CC(=O)N[C@H]1[C@@H](OP(=O)([O-])OP(=O)([O-])OC[C@H]2O[C@@H](n3ccc(=O)[nH]c3=O)[C@H](O)[C@@H]2O)O[C@H](C)[C@@H](N)[C@@H]1O. The number of ether oxygens (including phenoxy) is 2. The number of aromatic amines is 1. The fourth-order valence-corrected chi connectivity index (χ4v) is 5.81. The number of aliphatic hydroxyl groups is 3. The largest absolute Gasteiger partial charge is 0.756 e. The van der Waals surface area contributed by atoms with E-state index < -0.39 is 94.5 Å². The molecule has 1 aromatic rings. The third kappa shape index (κ3) is 7.22. The van der Waals surface area contributed by atoms with E-state index in [1.54, 1.807) is 0 Å². The Labute approximate surface area is 213 Å². The first-order chi connectivity index (χ1) is 17.5. The summed E-state index contributed by atoms with van der Waals surface area (Å²) in [5, 5.41) is 32.8. The van der Waals surface area contributed by atoms with Crippen molar-refractivity contribution < 1.29 is 61.9 Å². The molecule has 0 bridgehead atoms. The lowest BCUT2D eigenvalue weighted by Gasteiger charge is -2.44. The van der Waals surface area contributed by atoms with Crippen molar-refractivity contribution in [1.82, 2.24) is 14.9 Å². The summed E-state index contributed by atoms with van der Waals surface area (Å²) in [4.78, 5) is 60.9. The van der Waals surface area contributed by atoms with Crippen LogP contribution < -0.4 is 32.1 Å². The number of nitrogens with two attached hydrogens (primary N) is 1. The second-order valence-corrected chi connectivity index (χ2v) is 11.4. The highest BCUT2D eigenvalue weighted by atomic mass is 31.3. The second-order valence-electron chi connectivity index (χ2n) is 8.44. The Hall–Kier alpha value is -1.83. The first-order valence-corrected chi connectivity index (χ1v) is 13.8. The number of H-pyrrole nitrogens is 1. The summed E-state index contributed by atoms with van der Waals surface area (Å²) in [7, 11) is -11.6. The molecular weight excluding hydrogens is 562 g/mol. The number of phosphoric acid groups is 2. The van der Waals surface area contributed by atoms with Gasteiger partial charge in [-0.15, -0.1) is 0 Å². The molecule has 2 unspecified atom stereocenters. The highest BCUT2D eigenvalue weighted by molar-refractivity contribution is 7.59. The van der Waals surface area contributed by atoms with Crippen molar-refractivity contribution in [2.75, 3.05) is 6.61 Å². The first kappa shape index (κ1) is 30.7. The number of carbonyl (C=O) groups excluding carboxylic acids is 1. The molecule has 3 heterocycles. The van der Waals surface area contributed by atoms with Gasteiger partial charge in [0.15, 0.2) is 12.5 Å². The van der Waals surface area contributed by atoms with Crippen LogP contribution in [0.2, 0.25) is 0 Å². The Morgan fingerprint density at radius 3 is 2.45 bits per heavy atom. The Bertz CT molecular complexity index is 1220. The fraction of sp³-hybridized carbons (Fsp3) is 0.706. The van der Waals surface area contributed by atoms with Gasteiger partial charge in [-0.1, -0.05) is 0 Å². The number of nitrogens with one attached hydrogen (secondary N) is 2. The molecule has 0 radical (unpaired) electrons. The lowest BCUT2D eigenvalue weighted by molar-refractivity contribution is -0.270. The minimum absolute atomic E-state index is 0.716. The van der Waals surface area contributed by atoms with Gasteiger partial charge in [0.25, 0.3) is 21.2 Å². The molecule has 38 heavy (non-hydrogen) atoms. The van der Waals surface area contributed by atoms with Crippen LogP contribution in [-0.4, -0.2) is 86.3 Å². The number of amides is 1. The van der Waals surface area contributed by atoms with Crippen LogP contribution in [-0.2, 0) is 36.8 Å². The van der Waals surface area contributed by atoms with E-state index in [2.05, 4.69) is 18.7 Å². The molecular formula is C17H26N4O15P2-2. The molecule has 19 nitrogen and oxygen atoms in total. The van der Waals surface area contributed by atoms with Gasteiger partial charge in [-0.05, 0) is 6.92 Å². The fourth-order valence-electron chi connectivity index (χ4n) is 3.73. The summed E-state index contributed by atoms with van der Waals surface area (Å²) in [6.07, 6.45) is -10.2. The molecule has 2 aliphatic heterocycles. The molecule has 2 saturated heterocycles. The zero-order chi connectivity index (χ0) is 28.6. The van der Waals surface area contributed by atoms with E-state index in [4.69, 9.17) is 15.2 Å². The molecule has 11 atom stereocenters. The van der Waals surface area contributed by atoms with E-state index in [-0.39, 0.29) is 0 Å². The molecule has 2 aliphatic rings. The number of carbonyl (C=O) groups is 1. The normalized spacial score (nSPS) is 36.8. The summed E-state index contributed by atoms with van der Waals surface area (Å²) in [6, 6.07) is -1.65. The smallest absolute Gasteiger partial charge is 0.330 e. The van der Waals surface area contributed by atoms with Crippen LogP contribution in [0.25, 0.3) is 0 Å². The van der Waals surface area contributed by atoms with Crippen LogP contribution >= 0.6 is 15.6 Å². The molecule has 21 heteroatoms. The molecule has 3 rings (SSSR count). The lowest BCUT2D eigenvalue weighted by atomic mass is 9.96. The van der Waals surface area contributed by atoms with Gasteiger partial charge < -0.3 is 50.2 Å². The van der Waals surface area contributed by atoms with E-state index in [1.807, 2.05) is 4.98 Å². The van der Waals surface area contributed by atoms with E-state index in [1.165, 1.54) is 6.92 Å². The highest BCUT2D eigenvalue weighted by Gasteiger charge is 2.46. The Morgan fingerprint density at radius 2 is 1.84 bits per heavy atom. The molecule has 1 amide bonds. The third-order valence-electron chi connectivity index (χ3n) is 5.61. The van der Waals surface area contributed by atoms with Crippen molar-refractivity contribution in [3.63, 3.8) is 0 Å². The summed E-state index contributed by atoms with van der Waals surface area (Å²) >= 11 is 0. The van der Waals surface area contributed by atoms with Gasteiger partial charge in [0.05, 0.1) is 24.9 Å². The minimum atomic E-state index is -5.81. The molecule has 7 N–H and O–H groups in total. The van der Waals surface area contributed by atoms with Crippen LogP contribution in [0, 0.1) is 0 Å². The molecule has 216 valence electrons. The van der Waals surface area contributed by atoms with Crippen molar-refractivity contribution >= 4 is 21.6 Å². The summed E-state index contributed by atoms with van der Waals surface area (Å²) in [5.41, 5.74) is 3.99.